The molecule has 0 N–H and O–H groups in total. The van der Waals surface area contributed by atoms with Crippen molar-refractivity contribution in [2.75, 3.05) is 32.2 Å². The normalized spacial score (nSPS) is 11.6. The first-order valence-corrected chi connectivity index (χ1v) is 9.15. The van der Waals surface area contributed by atoms with Crippen molar-refractivity contribution < 1.29 is 8.85 Å². The van der Waals surface area contributed by atoms with Gasteiger partial charge in [-0.1, -0.05) is 25.5 Å². The van der Waals surface area contributed by atoms with E-state index in [1.54, 1.807) is 14.2 Å². The highest BCUT2D eigenvalue weighted by molar-refractivity contribution is 6.81. The Morgan fingerprint density at radius 1 is 0.947 bits per heavy atom. The van der Waals surface area contributed by atoms with Crippen LogP contribution in [0, 0.1) is 0 Å². The summed E-state index contributed by atoms with van der Waals surface area (Å²) in [5, 5.41) is 1.22. The molecule has 0 atom stereocenters. The van der Waals surface area contributed by atoms with Gasteiger partial charge in [-0.05, 0) is 37.2 Å². The zero-order valence-electron chi connectivity index (χ0n) is 12.9. The van der Waals surface area contributed by atoms with Crippen LogP contribution in [0.5, 0.6) is 0 Å². The Morgan fingerprint density at radius 2 is 1.47 bits per heavy atom. The van der Waals surface area contributed by atoms with Gasteiger partial charge in [-0.2, -0.15) is 0 Å². The van der Waals surface area contributed by atoms with Gasteiger partial charge >= 0.3 is 8.56 Å². The Morgan fingerprint density at radius 3 is 1.84 bits per heavy atom. The van der Waals surface area contributed by atoms with Crippen LogP contribution < -0.4 is 10.1 Å². The third-order valence-electron chi connectivity index (χ3n) is 3.67. The van der Waals surface area contributed by atoms with Crippen LogP contribution >= 0.6 is 0 Å². The van der Waals surface area contributed by atoms with E-state index >= 15 is 0 Å². The summed E-state index contributed by atoms with van der Waals surface area (Å²) in [6.45, 7) is 8.59. The predicted octanol–water partition coefficient (Wildman–Crippen LogP) is 2.88. The fourth-order valence-electron chi connectivity index (χ4n) is 2.51. The lowest BCUT2D eigenvalue weighted by Gasteiger charge is -2.28. The lowest BCUT2D eigenvalue weighted by Crippen LogP contribution is -2.52. The zero-order valence-corrected chi connectivity index (χ0v) is 13.9. The summed E-state index contributed by atoms with van der Waals surface area (Å²) in [4.78, 5) is 2.34. The monoisotopic (exact) mass is 281 g/mol. The summed E-state index contributed by atoms with van der Waals surface area (Å²) >= 11 is 0. The predicted molar refractivity (Wildman–Crippen MR) is 84.5 cm³/mol. The van der Waals surface area contributed by atoms with Crippen molar-refractivity contribution in [3.63, 3.8) is 0 Å². The first-order chi connectivity index (χ1) is 9.17. The van der Waals surface area contributed by atoms with Crippen molar-refractivity contribution in [3.8, 4) is 0 Å². The van der Waals surface area contributed by atoms with Crippen LogP contribution in [0.3, 0.4) is 0 Å². The summed E-state index contributed by atoms with van der Waals surface area (Å²) in [5.41, 5.74) is 1.26. The second-order valence-corrected chi connectivity index (χ2v) is 8.03. The molecule has 0 bridgehead atoms. The van der Waals surface area contributed by atoms with E-state index in [1.807, 2.05) is 0 Å². The molecule has 3 nitrogen and oxygen atoms in total. The van der Waals surface area contributed by atoms with Crippen molar-refractivity contribution >= 4 is 19.4 Å². The van der Waals surface area contributed by atoms with Crippen molar-refractivity contribution in [1.29, 1.82) is 0 Å². The van der Waals surface area contributed by atoms with E-state index in [0.29, 0.717) is 0 Å². The highest BCUT2D eigenvalue weighted by Gasteiger charge is 2.36. The van der Waals surface area contributed by atoms with Crippen molar-refractivity contribution in [2.24, 2.45) is 0 Å². The number of anilines is 1. The Bertz CT molecular complexity index is 359. The fourth-order valence-corrected chi connectivity index (χ4v) is 5.18. The van der Waals surface area contributed by atoms with Crippen LogP contribution in [0.15, 0.2) is 24.3 Å². The number of hydrogen-bond donors (Lipinski definition) is 0. The average Bonchev–Trinajstić information content (AvgIpc) is 2.47. The molecule has 1 aromatic carbocycles. The molecule has 19 heavy (non-hydrogen) atoms. The number of benzene rings is 1. The molecule has 108 valence electrons. The van der Waals surface area contributed by atoms with E-state index in [0.717, 1.165) is 25.6 Å². The van der Waals surface area contributed by atoms with E-state index in [-0.39, 0.29) is 0 Å². The maximum Gasteiger partial charge on any atom is 0.371 e. The first-order valence-electron chi connectivity index (χ1n) is 7.13. The van der Waals surface area contributed by atoms with Crippen LogP contribution in [0.25, 0.3) is 0 Å². The molecular weight excluding hydrogens is 254 g/mol. The van der Waals surface area contributed by atoms with Gasteiger partial charge in [-0.3, -0.25) is 0 Å². The van der Waals surface area contributed by atoms with E-state index in [9.17, 15) is 0 Å². The molecule has 0 aromatic heterocycles. The molecule has 0 saturated heterocycles. The SMILES string of the molecule is CCC[Si](OC)(OC)c1ccc(N(CC)CC)cc1. The summed E-state index contributed by atoms with van der Waals surface area (Å²) in [6, 6.07) is 9.69. The van der Waals surface area contributed by atoms with Gasteiger partial charge in [0.25, 0.3) is 0 Å². The van der Waals surface area contributed by atoms with E-state index in [2.05, 4.69) is 49.9 Å². The minimum Gasteiger partial charge on any atom is -0.394 e. The molecule has 0 aliphatic carbocycles. The highest BCUT2D eigenvalue weighted by Crippen LogP contribution is 2.18. The molecule has 1 aromatic rings. The van der Waals surface area contributed by atoms with Gasteiger partial charge in [0.15, 0.2) is 0 Å². The summed E-state index contributed by atoms with van der Waals surface area (Å²) in [5.74, 6) is 0. The lowest BCUT2D eigenvalue weighted by atomic mass is 10.3. The van der Waals surface area contributed by atoms with Gasteiger partial charge in [0.1, 0.15) is 0 Å². The smallest absolute Gasteiger partial charge is 0.371 e. The maximum absolute atomic E-state index is 5.77. The van der Waals surface area contributed by atoms with Gasteiger partial charge in [0.05, 0.1) is 0 Å². The molecule has 0 aliphatic rings. The number of nitrogens with zero attached hydrogens (tertiary/aromatic N) is 1. The van der Waals surface area contributed by atoms with E-state index in [4.69, 9.17) is 8.85 Å². The molecule has 0 aliphatic heterocycles. The Labute approximate surface area is 118 Å². The lowest BCUT2D eigenvalue weighted by molar-refractivity contribution is 0.257. The third-order valence-corrected chi connectivity index (χ3v) is 7.36. The first kappa shape index (κ1) is 16.2. The molecular formula is C15H27NO2Si. The highest BCUT2D eigenvalue weighted by atomic mass is 28.4. The molecule has 1 rings (SSSR count). The molecule has 4 heteroatoms. The second-order valence-electron chi connectivity index (χ2n) is 4.63. The largest absolute Gasteiger partial charge is 0.394 e. The number of hydrogen-bond acceptors (Lipinski definition) is 3. The minimum absolute atomic E-state index is 0.991. The van der Waals surface area contributed by atoms with Crippen LogP contribution in [-0.4, -0.2) is 35.9 Å². The van der Waals surface area contributed by atoms with Crippen LogP contribution in [0.4, 0.5) is 5.69 Å². The van der Waals surface area contributed by atoms with Crippen molar-refractivity contribution in [2.45, 2.75) is 33.2 Å². The van der Waals surface area contributed by atoms with Crippen molar-refractivity contribution in [3.05, 3.63) is 24.3 Å². The average molecular weight is 281 g/mol. The quantitative estimate of drug-likeness (QED) is 0.684. The molecule has 0 radical (unpaired) electrons. The molecule has 0 amide bonds. The summed E-state index contributed by atoms with van der Waals surface area (Å²) in [7, 11) is 1.32. The van der Waals surface area contributed by atoms with Gasteiger partial charge in [0.2, 0.25) is 0 Å². The summed E-state index contributed by atoms with van der Waals surface area (Å²) in [6.07, 6.45) is 1.08. The Balaban J connectivity index is 3.01. The van der Waals surface area contributed by atoms with Crippen molar-refractivity contribution in [1.82, 2.24) is 0 Å². The van der Waals surface area contributed by atoms with Crippen LogP contribution in [-0.2, 0) is 8.85 Å². The minimum atomic E-state index is -2.22. The molecule has 0 spiro atoms. The zero-order chi connectivity index (χ0) is 14.3. The fraction of sp³-hybridized carbons (Fsp3) is 0.600. The molecule has 0 fully saturated rings. The summed E-state index contributed by atoms with van der Waals surface area (Å²) < 4.78 is 11.5. The maximum atomic E-state index is 5.77. The second kappa shape index (κ2) is 7.67. The molecule has 0 heterocycles. The van der Waals surface area contributed by atoms with Gasteiger partial charge in [-0.25, -0.2) is 0 Å². The van der Waals surface area contributed by atoms with E-state index < -0.39 is 8.56 Å². The van der Waals surface area contributed by atoms with Gasteiger partial charge in [-0.15, -0.1) is 0 Å². The van der Waals surface area contributed by atoms with Crippen LogP contribution in [0.2, 0.25) is 6.04 Å². The third kappa shape index (κ3) is 3.59. The Kier molecular flexibility index (Phi) is 6.55. The van der Waals surface area contributed by atoms with Crippen LogP contribution in [0.1, 0.15) is 27.2 Å². The van der Waals surface area contributed by atoms with Gasteiger partial charge < -0.3 is 13.8 Å². The van der Waals surface area contributed by atoms with Gasteiger partial charge in [0, 0.05) is 33.0 Å². The molecule has 0 saturated carbocycles. The molecule has 0 unspecified atom stereocenters. The topological polar surface area (TPSA) is 21.7 Å². The Hall–Kier alpha value is -0.843. The van der Waals surface area contributed by atoms with E-state index in [1.165, 1.54) is 10.9 Å². The standard InChI is InChI=1S/C15H27NO2Si/c1-6-13-19(17-4,18-5)15-11-9-14(10-12-15)16(7-2)8-3/h9-12H,6-8,13H2,1-5H3. The number of rotatable bonds is 8.